The number of carbonyl (C=O) groups is 4. The van der Waals surface area contributed by atoms with E-state index in [0.29, 0.717) is 18.7 Å². The average molecular weight is 491 g/mol. The summed E-state index contributed by atoms with van der Waals surface area (Å²) < 4.78 is 5.03. The topological polar surface area (TPSA) is 108 Å². The molecule has 2 aliphatic rings. The lowest BCUT2D eigenvalue weighted by Gasteiger charge is -2.35. The van der Waals surface area contributed by atoms with Crippen LogP contribution in [0.1, 0.15) is 29.7 Å². The number of urea groups is 1. The van der Waals surface area contributed by atoms with Crippen LogP contribution in [0.5, 0.6) is 0 Å². The summed E-state index contributed by atoms with van der Waals surface area (Å²) in [6.45, 7) is 2.39. The molecule has 2 aromatic rings. The van der Waals surface area contributed by atoms with Gasteiger partial charge in [-0.15, -0.1) is 0 Å². The summed E-state index contributed by atoms with van der Waals surface area (Å²) in [5.74, 6) is -1.22. The normalized spacial score (nSPS) is 18.7. The highest BCUT2D eigenvalue weighted by atomic mass is 16.5. The maximum Gasteiger partial charge on any atom is 0.338 e. The van der Waals surface area contributed by atoms with Crippen molar-refractivity contribution in [3.8, 4) is 0 Å². The monoisotopic (exact) mass is 490 g/mol. The molecule has 1 fully saturated rings. The van der Waals surface area contributed by atoms with Crippen LogP contribution < -0.4 is 10.6 Å². The van der Waals surface area contributed by atoms with Crippen LogP contribution in [-0.4, -0.2) is 66.9 Å². The summed E-state index contributed by atoms with van der Waals surface area (Å²) in [7, 11) is 1.28. The first kappa shape index (κ1) is 25.1. The highest BCUT2D eigenvalue weighted by molar-refractivity contribution is 5.99. The van der Waals surface area contributed by atoms with Crippen LogP contribution in [0.3, 0.4) is 0 Å². The molecule has 0 saturated carbocycles. The Morgan fingerprint density at radius 2 is 1.64 bits per heavy atom. The van der Waals surface area contributed by atoms with Gasteiger partial charge >= 0.3 is 12.0 Å². The van der Waals surface area contributed by atoms with Gasteiger partial charge in [0, 0.05) is 18.8 Å². The predicted octanol–water partition coefficient (Wildman–Crippen LogP) is 1.94. The number of hydrogen-bond donors (Lipinski definition) is 2. The van der Waals surface area contributed by atoms with E-state index in [1.807, 2.05) is 61.5 Å². The van der Waals surface area contributed by atoms with Gasteiger partial charge in [0.2, 0.25) is 11.8 Å². The average Bonchev–Trinajstić information content (AvgIpc) is 2.88. The molecule has 0 bridgehead atoms. The summed E-state index contributed by atoms with van der Waals surface area (Å²) in [6, 6.07) is 16.1. The predicted molar refractivity (Wildman–Crippen MR) is 133 cm³/mol. The van der Waals surface area contributed by atoms with E-state index in [9.17, 15) is 19.2 Å². The summed E-state index contributed by atoms with van der Waals surface area (Å²) in [4.78, 5) is 53.8. The quantitative estimate of drug-likeness (QED) is 0.433. The van der Waals surface area contributed by atoms with Crippen molar-refractivity contribution < 1.29 is 23.9 Å². The molecule has 2 aromatic carbocycles. The largest absolute Gasteiger partial charge is 0.466 e. The van der Waals surface area contributed by atoms with Crippen LogP contribution in [-0.2, 0) is 32.0 Å². The fraction of sp³-hybridized carbons (Fsp3) is 0.333. The van der Waals surface area contributed by atoms with Crippen molar-refractivity contribution in [1.82, 2.24) is 20.4 Å². The Morgan fingerprint density at radius 3 is 2.25 bits per heavy atom. The smallest absolute Gasteiger partial charge is 0.338 e. The van der Waals surface area contributed by atoms with Gasteiger partial charge in [-0.2, -0.15) is 0 Å². The van der Waals surface area contributed by atoms with Crippen molar-refractivity contribution >= 4 is 23.8 Å². The van der Waals surface area contributed by atoms with Gasteiger partial charge in [-0.3, -0.25) is 19.4 Å². The van der Waals surface area contributed by atoms with E-state index in [1.54, 1.807) is 4.90 Å². The lowest BCUT2D eigenvalue weighted by molar-refractivity contribution is -0.151. The standard InChI is InChI=1S/C27H30N4O5/c1-3-18-9-11-20(12-10-18)25-24(26(34)36-2)21(28-27(35)29-25)15-30-16-22(32)31(23(33)17-30)14-13-19-7-5-4-6-8-19/h4-12,25H,3,13-17H2,1-2H3,(H2,28,29,35). The van der Waals surface area contributed by atoms with E-state index in [0.717, 1.165) is 23.1 Å². The van der Waals surface area contributed by atoms with Crippen LogP contribution in [0, 0.1) is 0 Å². The Hall–Kier alpha value is -3.98. The Morgan fingerprint density at radius 1 is 0.972 bits per heavy atom. The maximum atomic E-state index is 12.8. The van der Waals surface area contributed by atoms with Crippen LogP contribution >= 0.6 is 0 Å². The summed E-state index contributed by atoms with van der Waals surface area (Å²) in [5, 5.41) is 5.48. The van der Waals surface area contributed by atoms with Gasteiger partial charge in [0.25, 0.3) is 0 Å². The van der Waals surface area contributed by atoms with Gasteiger partial charge < -0.3 is 15.4 Å². The number of piperazine rings is 1. The van der Waals surface area contributed by atoms with Gasteiger partial charge in [0.05, 0.1) is 31.8 Å². The third-order valence-corrected chi connectivity index (χ3v) is 6.45. The third-order valence-electron chi connectivity index (χ3n) is 6.45. The highest BCUT2D eigenvalue weighted by Gasteiger charge is 2.36. The maximum absolute atomic E-state index is 12.8. The van der Waals surface area contributed by atoms with E-state index in [1.165, 1.54) is 12.0 Å². The number of hydrogen-bond acceptors (Lipinski definition) is 6. The molecule has 9 nitrogen and oxygen atoms in total. The summed E-state index contributed by atoms with van der Waals surface area (Å²) in [6.07, 6.45) is 1.44. The zero-order chi connectivity index (χ0) is 25.7. The van der Waals surface area contributed by atoms with E-state index in [-0.39, 0.29) is 37.0 Å². The fourth-order valence-electron chi connectivity index (χ4n) is 4.51. The van der Waals surface area contributed by atoms with Gasteiger partial charge in [-0.25, -0.2) is 9.59 Å². The van der Waals surface area contributed by atoms with E-state index >= 15 is 0 Å². The second kappa shape index (κ2) is 11.2. The van der Waals surface area contributed by atoms with Crippen molar-refractivity contribution in [2.45, 2.75) is 25.8 Å². The lowest BCUT2D eigenvalue weighted by Crippen LogP contribution is -2.56. The van der Waals surface area contributed by atoms with Crippen molar-refractivity contribution in [3.63, 3.8) is 0 Å². The zero-order valence-electron chi connectivity index (χ0n) is 20.5. The zero-order valence-corrected chi connectivity index (χ0v) is 20.5. The molecular weight excluding hydrogens is 460 g/mol. The molecule has 0 spiro atoms. The Kier molecular flexibility index (Phi) is 7.80. The molecule has 0 radical (unpaired) electrons. The number of aryl methyl sites for hydroxylation is 1. The van der Waals surface area contributed by atoms with Gasteiger partial charge in [-0.1, -0.05) is 61.5 Å². The number of imide groups is 1. The minimum absolute atomic E-state index is 0.00234. The SMILES string of the molecule is CCc1ccc(C2NC(=O)NC(CN3CC(=O)N(CCc4ccccc4)C(=O)C3)=C2C(=O)OC)cc1. The number of nitrogens with zero attached hydrogens (tertiary/aromatic N) is 2. The number of amides is 4. The molecule has 0 aliphatic carbocycles. The molecule has 1 saturated heterocycles. The van der Waals surface area contributed by atoms with Gasteiger partial charge in [0.1, 0.15) is 0 Å². The minimum Gasteiger partial charge on any atom is -0.466 e. The second-order valence-electron chi connectivity index (χ2n) is 8.83. The molecule has 2 N–H and O–H groups in total. The summed E-state index contributed by atoms with van der Waals surface area (Å²) >= 11 is 0. The molecule has 1 atom stereocenters. The molecule has 188 valence electrons. The minimum atomic E-state index is -0.717. The van der Waals surface area contributed by atoms with Crippen molar-refractivity contribution in [1.29, 1.82) is 0 Å². The van der Waals surface area contributed by atoms with Crippen LogP contribution in [0.15, 0.2) is 65.9 Å². The fourth-order valence-corrected chi connectivity index (χ4v) is 4.51. The van der Waals surface area contributed by atoms with E-state index < -0.39 is 18.0 Å². The van der Waals surface area contributed by atoms with Crippen LogP contribution in [0.25, 0.3) is 0 Å². The molecule has 2 aliphatic heterocycles. The molecule has 0 aromatic heterocycles. The van der Waals surface area contributed by atoms with Crippen molar-refractivity contribution in [3.05, 3.63) is 82.6 Å². The number of nitrogens with one attached hydrogen (secondary N) is 2. The first-order valence-corrected chi connectivity index (χ1v) is 12.0. The Balaban J connectivity index is 1.52. The number of esters is 1. The Labute approximate surface area is 210 Å². The van der Waals surface area contributed by atoms with E-state index in [2.05, 4.69) is 10.6 Å². The van der Waals surface area contributed by atoms with Crippen LogP contribution in [0.4, 0.5) is 4.79 Å². The number of carbonyl (C=O) groups excluding carboxylic acids is 4. The van der Waals surface area contributed by atoms with Crippen molar-refractivity contribution in [2.75, 3.05) is 33.3 Å². The third kappa shape index (κ3) is 5.63. The van der Waals surface area contributed by atoms with Crippen molar-refractivity contribution in [2.24, 2.45) is 0 Å². The molecule has 2 heterocycles. The first-order chi connectivity index (χ1) is 17.4. The number of methoxy groups -OCH3 is 1. The molecular formula is C27H30N4O5. The lowest BCUT2D eigenvalue weighted by atomic mass is 9.94. The molecule has 4 amide bonds. The molecule has 1 unspecified atom stereocenters. The number of benzene rings is 2. The number of ether oxygens (including phenoxy) is 1. The van der Waals surface area contributed by atoms with Gasteiger partial charge in [-0.05, 0) is 29.5 Å². The molecule has 36 heavy (non-hydrogen) atoms. The molecule has 4 rings (SSSR count). The number of rotatable bonds is 8. The Bertz CT molecular complexity index is 1160. The summed E-state index contributed by atoms with van der Waals surface area (Å²) in [5.41, 5.74) is 3.47. The highest BCUT2D eigenvalue weighted by Crippen LogP contribution is 2.28. The van der Waals surface area contributed by atoms with Gasteiger partial charge in [0.15, 0.2) is 0 Å². The first-order valence-electron chi connectivity index (χ1n) is 12.0. The van der Waals surface area contributed by atoms with E-state index in [4.69, 9.17) is 4.74 Å². The second-order valence-corrected chi connectivity index (χ2v) is 8.83. The molecule has 9 heteroatoms. The van der Waals surface area contributed by atoms with Crippen LogP contribution in [0.2, 0.25) is 0 Å².